The Kier molecular flexibility index (Phi) is 4.14. The Labute approximate surface area is 159 Å². The Hall–Kier alpha value is -2.21. The molecule has 2 saturated heterocycles. The third-order valence-corrected chi connectivity index (χ3v) is 6.41. The summed E-state index contributed by atoms with van der Waals surface area (Å²) >= 11 is 0. The number of benzene rings is 1. The van der Waals surface area contributed by atoms with Crippen LogP contribution in [-0.2, 0) is 19.9 Å². The average molecular weight is 369 g/mol. The highest BCUT2D eigenvalue weighted by molar-refractivity contribution is 6.15. The lowest BCUT2D eigenvalue weighted by molar-refractivity contribution is -0.145. The molecule has 3 aliphatic rings. The molecule has 2 fully saturated rings. The van der Waals surface area contributed by atoms with Gasteiger partial charge in [0.25, 0.3) is 0 Å². The van der Waals surface area contributed by atoms with Gasteiger partial charge in [0.2, 0.25) is 17.7 Å². The Morgan fingerprint density at radius 3 is 2.48 bits per heavy atom. The maximum Gasteiger partial charge on any atom is 0.250 e. The van der Waals surface area contributed by atoms with E-state index < -0.39 is 17.4 Å². The number of hydrogen-bond donors (Lipinski definition) is 2. The van der Waals surface area contributed by atoms with Crippen molar-refractivity contribution in [1.29, 1.82) is 0 Å². The molecule has 1 aromatic rings. The van der Waals surface area contributed by atoms with E-state index in [0.29, 0.717) is 12.3 Å². The fourth-order valence-electron chi connectivity index (χ4n) is 5.11. The van der Waals surface area contributed by atoms with Gasteiger partial charge in [0.15, 0.2) is 0 Å². The summed E-state index contributed by atoms with van der Waals surface area (Å²) < 4.78 is 0. The van der Waals surface area contributed by atoms with Gasteiger partial charge in [-0.2, -0.15) is 0 Å². The van der Waals surface area contributed by atoms with E-state index in [1.807, 2.05) is 38.1 Å². The molecule has 3 heterocycles. The SMILES string of the molecule is CCC(C)N1C(=O)[C@@H]2C(CC(C)C)NC3(C(=O)Nc4ccccc43)[C@@H]2C1=O. The minimum absolute atomic E-state index is 0.133. The number of likely N-dealkylation sites (tertiary alicyclic amines) is 1. The lowest BCUT2D eigenvalue weighted by Crippen LogP contribution is -2.54. The minimum Gasteiger partial charge on any atom is -0.324 e. The van der Waals surface area contributed by atoms with E-state index in [0.717, 1.165) is 17.7 Å². The second kappa shape index (κ2) is 6.16. The standard InChI is InChI=1S/C21H27N3O3/c1-5-12(4)24-18(25)16-15(10-11(2)3)23-21(17(16)19(24)26)13-8-6-7-9-14(13)22-20(21)27/h6-9,11-12,15-17,23H,5,10H2,1-4H3,(H,22,27)/t12?,15?,16-,17+,21?/m1/s1. The summed E-state index contributed by atoms with van der Waals surface area (Å²) in [7, 11) is 0. The van der Waals surface area contributed by atoms with Crippen LogP contribution in [0.4, 0.5) is 5.69 Å². The van der Waals surface area contributed by atoms with Gasteiger partial charge in [0.05, 0.1) is 11.8 Å². The largest absolute Gasteiger partial charge is 0.324 e. The maximum absolute atomic E-state index is 13.4. The highest BCUT2D eigenvalue weighted by Crippen LogP contribution is 2.53. The van der Waals surface area contributed by atoms with Crippen molar-refractivity contribution in [2.75, 3.05) is 5.32 Å². The van der Waals surface area contributed by atoms with Crippen LogP contribution in [0.3, 0.4) is 0 Å². The first-order valence-corrected chi connectivity index (χ1v) is 9.88. The normalized spacial score (nSPS) is 33.0. The monoisotopic (exact) mass is 369 g/mol. The van der Waals surface area contributed by atoms with Crippen molar-refractivity contribution >= 4 is 23.4 Å². The zero-order chi connectivity index (χ0) is 19.5. The van der Waals surface area contributed by atoms with E-state index in [1.165, 1.54) is 4.90 Å². The Morgan fingerprint density at radius 2 is 1.81 bits per heavy atom. The van der Waals surface area contributed by atoms with Gasteiger partial charge in [-0.25, -0.2) is 0 Å². The number of carbonyl (C=O) groups is 3. The van der Waals surface area contributed by atoms with Crippen LogP contribution >= 0.6 is 0 Å². The first-order chi connectivity index (χ1) is 12.8. The van der Waals surface area contributed by atoms with Gasteiger partial charge in [-0.05, 0) is 31.7 Å². The van der Waals surface area contributed by atoms with Crippen LogP contribution in [0.2, 0.25) is 0 Å². The summed E-state index contributed by atoms with van der Waals surface area (Å²) in [5.41, 5.74) is 0.347. The van der Waals surface area contributed by atoms with Crippen molar-refractivity contribution in [2.24, 2.45) is 17.8 Å². The number of carbonyl (C=O) groups excluding carboxylic acids is 3. The first kappa shape index (κ1) is 18.2. The second-order valence-electron chi connectivity index (χ2n) is 8.50. The fraction of sp³-hybridized carbons (Fsp3) is 0.571. The summed E-state index contributed by atoms with van der Waals surface area (Å²) in [6.45, 7) is 8.06. The molecule has 5 atom stereocenters. The van der Waals surface area contributed by atoms with E-state index in [1.54, 1.807) is 0 Å². The Bertz CT molecular complexity index is 821. The predicted octanol–water partition coefficient (Wildman–Crippen LogP) is 2.25. The van der Waals surface area contributed by atoms with Gasteiger partial charge in [0, 0.05) is 23.3 Å². The molecule has 3 aliphatic heterocycles. The molecule has 0 aliphatic carbocycles. The molecule has 144 valence electrons. The number of para-hydroxylation sites is 1. The molecule has 0 saturated carbocycles. The van der Waals surface area contributed by atoms with Crippen molar-refractivity contribution in [2.45, 2.75) is 58.2 Å². The Balaban J connectivity index is 1.87. The highest BCUT2D eigenvalue weighted by atomic mass is 16.2. The average Bonchev–Trinajstić information content (AvgIpc) is 3.19. The lowest BCUT2D eigenvalue weighted by Gasteiger charge is -2.31. The summed E-state index contributed by atoms with van der Waals surface area (Å²) in [6.07, 6.45) is 1.45. The summed E-state index contributed by atoms with van der Waals surface area (Å²) in [6, 6.07) is 7.12. The fourth-order valence-corrected chi connectivity index (χ4v) is 5.11. The number of imide groups is 1. The molecule has 2 N–H and O–H groups in total. The van der Waals surface area contributed by atoms with Gasteiger partial charge in [-0.3, -0.25) is 24.6 Å². The van der Waals surface area contributed by atoms with E-state index in [9.17, 15) is 14.4 Å². The molecular weight excluding hydrogens is 342 g/mol. The number of nitrogens with one attached hydrogen (secondary N) is 2. The molecule has 0 bridgehead atoms. The summed E-state index contributed by atoms with van der Waals surface area (Å²) in [5.74, 6) is -1.41. The second-order valence-corrected chi connectivity index (χ2v) is 8.50. The zero-order valence-electron chi connectivity index (χ0n) is 16.3. The number of fused-ring (bicyclic) bond motifs is 4. The molecule has 6 nitrogen and oxygen atoms in total. The van der Waals surface area contributed by atoms with Gasteiger partial charge < -0.3 is 5.32 Å². The van der Waals surface area contributed by atoms with Crippen LogP contribution in [0.1, 0.15) is 46.1 Å². The Morgan fingerprint density at radius 1 is 1.11 bits per heavy atom. The van der Waals surface area contributed by atoms with E-state index in [4.69, 9.17) is 0 Å². The van der Waals surface area contributed by atoms with Crippen LogP contribution < -0.4 is 10.6 Å². The molecule has 1 spiro atoms. The van der Waals surface area contributed by atoms with Crippen LogP contribution in [-0.4, -0.2) is 34.7 Å². The van der Waals surface area contributed by atoms with Gasteiger partial charge in [-0.15, -0.1) is 0 Å². The van der Waals surface area contributed by atoms with Crippen LogP contribution in [0.25, 0.3) is 0 Å². The van der Waals surface area contributed by atoms with E-state index in [-0.39, 0.29) is 29.8 Å². The zero-order valence-corrected chi connectivity index (χ0v) is 16.3. The highest BCUT2D eigenvalue weighted by Gasteiger charge is 2.70. The van der Waals surface area contributed by atoms with Gasteiger partial charge >= 0.3 is 0 Å². The third kappa shape index (κ3) is 2.32. The molecule has 6 heteroatoms. The summed E-state index contributed by atoms with van der Waals surface area (Å²) in [4.78, 5) is 41.3. The molecule has 3 unspecified atom stereocenters. The van der Waals surface area contributed by atoms with Crippen LogP contribution in [0, 0.1) is 17.8 Å². The van der Waals surface area contributed by atoms with Gasteiger partial charge in [-0.1, -0.05) is 39.0 Å². The first-order valence-electron chi connectivity index (χ1n) is 9.88. The topological polar surface area (TPSA) is 78.5 Å². The maximum atomic E-state index is 13.4. The molecule has 27 heavy (non-hydrogen) atoms. The van der Waals surface area contributed by atoms with Crippen molar-refractivity contribution in [3.8, 4) is 0 Å². The van der Waals surface area contributed by atoms with Crippen molar-refractivity contribution in [3.63, 3.8) is 0 Å². The van der Waals surface area contributed by atoms with Crippen molar-refractivity contribution < 1.29 is 14.4 Å². The number of rotatable bonds is 4. The predicted molar refractivity (Wildman–Crippen MR) is 102 cm³/mol. The van der Waals surface area contributed by atoms with Crippen LogP contribution in [0.15, 0.2) is 24.3 Å². The van der Waals surface area contributed by atoms with Crippen molar-refractivity contribution in [3.05, 3.63) is 29.8 Å². The quantitative estimate of drug-likeness (QED) is 0.798. The molecule has 3 amide bonds. The van der Waals surface area contributed by atoms with E-state index in [2.05, 4.69) is 24.5 Å². The number of hydrogen-bond acceptors (Lipinski definition) is 4. The minimum atomic E-state index is -1.16. The van der Waals surface area contributed by atoms with Gasteiger partial charge in [0.1, 0.15) is 5.54 Å². The lowest BCUT2D eigenvalue weighted by atomic mass is 9.76. The number of amides is 3. The number of nitrogens with zero attached hydrogens (tertiary/aromatic N) is 1. The van der Waals surface area contributed by atoms with Crippen LogP contribution in [0.5, 0.6) is 0 Å². The molecule has 0 aromatic heterocycles. The number of anilines is 1. The van der Waals surface area contributed by atoms with E-state index >= 15 is 0 Å². The molecular formula is C21H27N3O3. The molecule has 4 rings (SSSR count). The molecule has 0 radical (unpaired) electrons. The third-order valence-electron chi connectivity index (χ3n) is 6.41. The molecule has 1 aromatic carbocycles. The van der Waals surface area contributed by atoms with Crippen molar-refractivity contribution in [1.82, 2.24) is 10.2 Å². The smallest absolute Gasteiger partial charge is 0.250 e. The summed E-state index contributed by atoms with van der Waals surface area (Å²) in [5, 5.41) is 6.39.